The van der Waals surface area contributed by atoms with Gasteiger partial charge in [0.2, 0.25) is 5.91 Å². The highest BCUT2D eigenvalue weighted by Gasteiger charge is 2.05. The molecule has 1 unspecified atom stereocenters. The molecule has 0 saturated heterocycles. The molecule has 1 amide bonds. The van der Waals surface area contributed by atoms with Gasteiger partial charge < -0.3 is 10.1 Å². The fourth-order valence-electron chi connectivity index (χ4n) is 1.96. The van der Waals surface area contributed by atoms with Crippen LogP contribution in [0.4, 0.5) is 0 Å². The van der Waals surface area contributed by atoms with Crippen molar-refractivity contribution < 1.29 is 9.53 Å². The van der Waals surface area contributed by atoms with Gasteiger partial charge in [-0.1, -0.05) is 45.4 Å². The predicted molar refractivity (Wildman–Crippen MR) is 81.8 cm³/mol. The van der Waals surface area contributed by atoms with Crippen molar-refractivity contribution in [1.82, 2.24) is 5.32 Å². The first-order valence-corrected chi connectivity index (χ1v) is 8.04. The lowest BCUT2D eigenvalue weighted by atomic mass is 10.1. The molecule has 0 bridgehead atoms. The van der Waals surface area contributed by atoms with Crippen LogP contribution in [0.1, 0.15) is 64.7 Å². The molecule has 0 spiro atoms. The van der Waals surface area contributed by atoms with Crippen LogP contribution in [-0.2, 0) is 9.53 Å². The zero-order valence-corrected chi connectivity index (χ0v) is 13.3. The molecule has 0 aliphatic heterocycles. The monoisotopic (exact) mass is 291 g/mol. The van der Waals surface area contributed by atoms with Gasteiger partial charge in [-0.2, -0.15) is 0 Å². The van der Waals surface area contributed by atoms with E-state index in [0.29, 0.717) is 19.6 Å². The molecule has 3 nitrogen and oxygen atoms in total. The van der Waals surface area contributed by atoms with Crippen LogP contribution < -0.4 is 5.32 Å². The highest BCUT2D eigenvalue weighted by Crippen LogP contribution is 2.08. The maximum absolute atomic E-state index is 11.5. The maximum atomic E-state index is 11.5. The molecule has 0 aromatic rings. The summed E-state index contributed by atoms with van der Waals surface area (Å²) in [5.74, 6) is 0.148. The lowest BCUT2D eigenvalue weighted by molar-refractivity contribution is -0.121. The van der Waals surface area contributed by atoms with Crippen LogP contribution in [0.15, 0.2) is 0 Å². The van der Waals surface area contributed by atoms with Crippen LogP contribution in [-0.4, -0.2) is 31.5 Å². The van der Waals surface area contributed by atoms with E-state index in [1.165, 1.54) is 38.5 Å². The molecule has 0 aromatic carbocycles. The number of unbranched alkanes of at least 4 members (excludes halogenated alkanes) is 6. The minimum Gasteiger partial charge on any atom is -0.383 e. The van der Waals surface area contributed by atoms with Crippen molar-refractivity contribution >= 4 is 17.5 Å². The Morgan fingerprint density at radius 3 is 2.42 bits per heavy atom. The molecule has 1 atom stereocenters. The van der Waals surface area contributed by atoms with Crippen LogP contribution in [0.2, 0.25) is 0 Å². The second-order valence-corrected chi connectivity index (χ2v) is 5.68. The lowest BCUT2D eigenvalue weighted by Crippen LogP contribution is -2.26. The van der Waals surface area contributed by atoms with Gasteiger partial charge >= 0.3 is 0 Å². The van der Waals surface area contributed by atoms with Crippen LogP contribution in [0, 0.1) is 0 Å². The smallest absolute Gasteiger partial charge is 0.219 e. The van der Waals surface area contributed by atoms with Gasteiger partial charge in [0.25, 0.3) is 0 Å². The number of ether oxygens (including phenoxy) is 1. The summed E-state index contributed by atoms with van der Waals surface area (Å²) in [7, 11) is 1.63. The SMILES string of the molecule is CCCCCCCCCC(=O)NCCC(Cl)COC. The molecule has 0 aliphatic carbocycles. The number of nitrogens with one attached hydrogen (secondary N) is 1. The van der Waals surface area contributed by atoms with Crippen LogP contribution in [0.3, 0.4) is 0 Å². The van der Waals surface area contributed by atoms with Gasteiger partial charge in [-0.15, -0.1) is 11.6 Å². The van der Waals surface area contributed by atoms with Gasteiger partial charge in [0.1, 0.15) is 0 Å². The third kappa shape index (κ3) is 13.9. The zero-order valence-electron chi connectivity index (χ0n) is 12.5. The van der Waals surface area contributed by atoms with Crippen molar-refractivity contribution in [2.75, 3.05) is 20.3 Å². The number of carbonyl (C=O) groups is 1. The number of carbonyl (C=O) groups excluding carboxylic acids is 1. The molecule has 0 heterocycles. The predicted octanol–water partition coefficient (Wildman–Crippen LogP) is 3.89. The second-order valence-electron chi connectivity index (χ2n) is 5.06. The summed E-state index contributed by atoms with van der Waals surface area (Å²) < 4.78 is 4.94. The molecule has 0 radical (unpaired) electrons. The van der Waals surface area contributed by atoms with E-state index in [4.69, 9.17) is 16.3 Å². The van der Waals surface area contributed by atoms with Gasteiger partial charge in [-0.05, 0) is 12.8 Å². The molecule has 0 aromatic heterocycles. The average molecular weight is 292 g/mol. The summed E-state index contributed by atoms with van der Waals surface area (Å²) in [4.78, 5) is 11.5. The summed E-state index contributed by atoms with van der Waals surface area (Å²) in [5.41, 5.74) is 0. The highest BCUT2D eigenvalue weighted by atomic mass is 35.5. The summed E-state index contributed by atoms with van der Waals surface area (Å²) in [6.07, 6.45) is 10.1. The van der Waals surface area contributed by atoms with E-state index in [1.807, 2.05) is 0 Å². The minimum atomic E-state index is -0.0103. The van der Waals surface area contributed by atoms with Crippen molar-refractivity contribution in [2.24, 2.45) is 0 Å². The Bertz CT molecular complexity index is 212. The van der Waals surface area contributed by atoms with Crippen LogP contribution in [0.5, 0.6) is 0 Å². The third-order valence-corrected chi connectivity index (χ3v) is 3.48. The molecule has 4 heteroatoms. The fourth-order valence-corrected chi connectivity index (χ4v) is 2.20. The first kappa shape index (κ1) is 18.7. The van der Waals surface area contributed by atoms with E-state index in [0.717, 1.165) is 12.8 Å². The van der Waals surface area contributed by atoms with Crippen molar-refractivity contribution in [1.29, 1.82) is 0 Å². The first-order chi connectivity index (χ1) is 9.20. The van der Waals surface area contributed by atoms with Gasteiger partial charge in [0.05, 0.1) is 12.0 Å². The van der Waals surface area contributed by atoms with Gasteiger partial charge in [0.15, 0.2) is 0 Å². The molecular formula is C15H30ClNO2. The van der Waals surface area contributed by atoms with Crippen molar-refractivity contribution in [3.8, 4) is 0 Å². The number of amides is 1. The van der Waals surface area contributed by atoms with Crippen LogP contribution in [0.25, 0.3) is 0 Å². The number of alkyl halides is 1. The standard InChI is InChI=1S/C15H30ClNO2/c1-3-4-5-6-7-8-9-10-15(18)17-12-11-14(16)13-19-2/h14H,3-13H2,1-2H3,(H,17,18). The van der Waals surface area contributed by atoms with Gasteiger partial charge in [-0.3, -0.25) is 4.79 Å². The molecule has 0 fully saturated rings. The number of halogens is 1. The Morgan fingerprint density at radius 2 is 1.79 bits per heavy atom. The second kappa shape index (κ2) is 14.1. The van der Waals surface area contributed by atoms with E-state index >= 15 is 0 Å². The Balaban J connectivity index is 3.25. The zero-order chi connectivity index (χ0) is 14.3. The number of hydrogen-bond acceptors (Lipinski definition) is 2. The Kier molecular flexibility index (Phi) is 13.9. The number of rotatable bonds is 13. The molecule has 114 valence electrons. The summed E-state index contributed by atoms with van der Waals surface area (Å²) in [5, 5.41) is 2.89. The van der Waals surface area contributed by atoms with E-state index in [9.17, 15) is 4.79 Å². The molecule has 0 aliphatic rings. The molecule has 19 heavy (non-hydrogen) atoms. The minimum absolute atomic E-state index is 0.0103. The molecular weight excluding hydrogens is 262 g/mol. The van der Waals surface area contributed by atoms with Gasteiger partial charge in [-0.25, -0.2) is 0 Å². The topological polar surface area (TPSA) is 38.3 Å². The summed E-state index contributed by atoms with van der Waals surface area (Å²) in [6.45, 7) is 3.41. The van der Waals surface area contributed by atoms with Crippen LogP contribution >= 0.6 is 11.6 Å². The Labute approximate surface area is 123 Å². The van der Waals surface area contributed by atoms with Crippen molar-refractivity contribution in [2.45, 2.75) is 70.1 Å². The largest absolute Gasteiger partial charge is 0.383 e. The van der Waals surface area contributed by atoms with E-state index in [2.05, 4.69) is 12.2 Å². The third-order valence-electron chi connectivity index (χ3n) is 3.13. The summed E-state index contributed by atoms with van der Waals surface area (Å²) in [6, 6.07) is 0. The Hall–Kier alpha value is -0.280. The van der Waals surface area contributed by atoms with E-state index in [-0.39, 0.29) is 11.3 Å². The Morgan fingerprint density at radius 1 is 1.16 bits per heavy atom. The van der Waals surface area contributed by atoms with Crippen molar-refractivity contribution in [3.63, 3.8) is 0 Å². The number of methoxy groups -OCH3 is 1. The first-order valence-electron chi connectivity index (χ1n) is 7.60. The van der Waals surface area contributed by atoms with Gasteiger partial charge in [0, 0.05) is 20.1 Å². The highest BCUT2D eigenvalue weighted by molar-refractivity contribution is 6.20. The summed E-state index contributed by atoms with van der Waals surface area (Å²) >= 11 is 5.98. The number of hydrogen-bond donors (Lipinski definition) is 1. The fraction of sp³-hybridized carbons (Fsp3) is 0.933. The maximum Gasteiger partial charge on any atom is 0.219 e. The molecule has 0 rings (SSSR count). The average Bonchev–Trinajstić information content (AvgIpc) is 2.38. The lowest BCUT2D eigenvalue weighted by Gasteiger charge is -2.09. The van der Waals surface area contributed by atoms with Crippen molar-refractivity contribution in [3.05, 3.63) is 0 Å². The van der Waals surface area contributed by atoms with E-state index < -0.39 is 0 Å². The molecule has 0 saturated carbocycles. The quantitative estimate of drug-likeness (QED) is 0.413. The van der Waals surface area contributed by atoms with E-state index in [1.54, 1.807) is 7.11 Å². The molecule has 1 N–H and O–H groups in total. The normalized spacial score (nSPS) is 12.4.